The summed E-state index contributed by atoms with van der Waals surface area (Å²) in [5, 5.41) is 0. The monoisotopic (exact) mass is 238 g/mol. The summed E-state index contributed by atoms with van der Waals surface area (Å²) < 4.78 is 18.7. The van der Waals surface area contributed by atoms with E-state index in [1.54, 1.807) is 18.2 Å². The third kappa shape index (κ3) is 4.17. The molecule has 1 rings (SSSR count). The Labute approximate surface area is 102 Å². The maximum atomic E-state index is 13.8. The molecule has 0 fully saturated rings. The van der Waals surface area contributed by atoms with Gasteiger partial charge in [-0.2, -0.15) is 0 Å². The molecule has 0 unspecified atom stereocenters. The van der Waals surface area contributed by atoms with Crippen molar-refractivity contribution in [3.8, 4) is 5.75 Å². The number of ether oxygens (including phenoxy) is 1. The van der Waals surface area contributed by atoms with Crippen molar-refractivity contribution in [1.29, 1.82) is 0 Å². The Hall–Kier alpha value is -1.38. The zero-order chi connectivity index (χ0) is 13.1. The highest BCUT2D eigenvalue weighted by atomic mass is 19.1. The number of carbonyl (C=O) groups excluding carboxylic acids is 1. The molecule has 17 heavy (non-hydrogen) atoms. The number of carbonyl (C=O) groups is 1. The fraction of sp³-hybridized carbons (Fsp3) is 0.500. The van der Waals surface area contributed by atoms with Crippen molar-refractivity contribution in [3.63, 3.8) is 0 Å². The predicted octanol–water partition coefficient (Wildman–Crippen LogP) is 3.38. The van der Waals surface area contributed by atoms with Crippen molar-refractivity contribution in [3.05, 3.63) is 29.6 Å². The molecule has 2 nitrogen and oxygen atoms in total. The molecule has 0 radical (unpaired) electrons. The van der Waals surface area contributed by atoms with E-state index in [4.69, 9.17) is 4.74 Å². The van der Waals surface area contributed by atoms with E-state index < -0.39 is 5.82 Å². The number of hydrogen-bond acceptors (Lipinski definition) is 2. The van der Waals surface area contributed by atoms with Crippen LogP contribution in [0.5, 0.6) is 5.75 Å². The van der Waals surface area contributed by atoms with E-state index in [2.05, 4.69) is 0 Å². The Morgan fingerprint density at radius 1 is 1.35 bits per heavy atom. The summed E-state index contributed by atoms with van der Waals surface area (Å²) >= 11 is 0. The number of hydrogen-bond donors (Lipinski definition) is 0. The van der Waals surface area contributed by atoms with E-state index in [0.717, 1.165) is 0 Å². The first-order valence-corrected chi connectivity index (χ1v) is 5.66. The lowest BCUT2D eigenvalue weighted by atomic mass is 9.88. The Bertz CT molecular complexity index is 405. The second kappa shape index (κ2) is 5.30. The number of ketones is 1. The van der Waals surface area contributed by atoms with E-state index in [1.165, 1.54) is 7.11 Å². The molecule has 0 amide bonds. The van der Waals surface area contributed by atoms with Crippen LogP contribution >= 0.6 is 0 Å². The zero-order valence-electron chi connectivity index (χ0n) is 10.8. The Kier molecular flexibility index (Phi) is 4.27. The molecule has 0 aliphatic carbocycles. The molecule has 94 valence electrons. The predicted molar refractivity (Wildman–Crippen MR) is 65.7 cm³/mol. The van der Waals surface area contributed by atoms with Crippen molar-refractivity contribution in [2.45, 2.75) is 33.6 Å². The average molecular weight is 238 g/mol. The van der Waals surface area contributed by atoms with Crippen LogP contribution in [0.2, 0.25) is 0 Å². The van der Waals surface area contributed by atoms with Crippen molar-refractivity contribution in [2.75, 3.05) is 7.11 Å². The Morgan fingerprint density at radius 2 is 2.00 bits per heavy atom. The highest BCUT2D eigenvalue weighted by Gasteiger charge is 2.18. The van der Waals surface area contributed by atoms with Crippen molar-refractivity contribution in [2.24, 2.45) is 5.41 Å². The number of halogens is 1. The third-order valence-electron chi connectivity index (χ3n) is 2.38. The molecule has 1 aromatic carbocycles. The van der Waals surface area contributed by atoms with Crippen LogP contribution in [0.1, 0.15) is 32.8 Å². The normalized spacial score (nSPS) is 11.4. The molecule has 0 heterocycles. The first-order valence-electron chi connectivity index (χ1n) is 5.66. The lowest BCUT2D eigenvalue weighted by Crippen LogP contribution is -2.15. The summed E-state index contributed by atoms with van der Waals surface area (Å²) in [5.41, 5.74) is 0.338. The number of benzene rings is 1. The molecule has 0 N–H and O–H groups in total. The van der Waals surface area contributed by atoms with Gasteiger partial charge in [0.25, 0.3) is 0 Å². The van der Waals surface area contributed by atoms with Gasteiger partial charge >= 0.3 is 0 Å². The number of methoxy groups -OCH3 is 1. The quantitative estimate of drug-likeness (QED) is 0.803. The van der Waals surface area contributed by atoms with Gasteiger partial charge in [0.1, 0.15) is 5.78 Å². The number of Topliss-reactive ketones (excluding diaryl/α,β-unsaturated/α-hetero) is 1. The Balaban J connectivity index is 2.79. The third-order valence-corrected chi connectivity index (χ3v) is 2.38. The maximum Gasteiger partial charge on any atom is 0.168 e. The molecule has 0 saturated carbocycles. The van der Waals surface area contributed by atoms with E-state index in [-0.39, 0.29) is 23.4 Å². The zero-order valence-corrected chi connectivity index (χ0v) is 10.8. The van der Waals surface area contributed by atoms with E-state index >= 15 is 0 Å². The van der Waals surface area contributed by atoms with E-state index in [9.17, 15) is 9.18 Å². The van der Waals surface area contributed by atoms with Crippen LogP contribution in [0.3, 0.4) is 0 Å². The minimum atomic E-state index is -0.433. The van der Waals surface area contributed by atoms with Gasteiger partial charge in [-0.3, -0.25) is 4.79 Å². The molecule has 0 saturated heterocycles. The Morgan fingerprint density at radius 3 is 2.53 bits per heavy atom. The van der Waals surface area contributed by atoms with Gasteiger partial charge in [0.2, 0.25) is 0 Å². The van der Waals surface area contributed by atoms with Crippen LogP contribution in [0, 0.1) is 11.2 Å². The highest BCUT2D eigenvalue weighted by Crippen LogP contribution is 2.23. The summed E-state index contributed by atoms with van der Waals surface area (Å²) in [4.78, 5) is 11.8. The molecule has 0 spiro atoms. The van der Waals surface area contributed by atoms with Crippen molar-refractivity contribution >= 4 is 5.78 Å². The lowest BCUT2D eigenvalue weighted by Gasteiger charge is -2.17. The first kappa shape index (κ1) is 13.7. The summed E-state index contributed by atoms with van der Waals surface area (Å²) in [6.45, 7) is 5.98. The smallest absolute Gasteiger partial charge is 0.168 e. The van der Waals surface area contributed by atoms with Crippen molar-refractivity contribution in [1.82, 2.24) is 0 Å². The van der Waals surface area contributed by atoms with Crippen molar-refractivity contribution < 1.29 is 13.9 Å². The summed E-state index contributed by atoms with van der Waals surface area (Å²) in [5.74, 6) is -0.201. The molecule has 3 heteroatoms. The molecule has 0 aliphatic rings. The van der Waals surface area contributed by atoms with Gasteiger partial charge in [0, 0.05) is 12.8 Å². The summed E-state index contributed by atoms with van der Waals surface area (Å²) in [6, 6.07) is 4.87. The van der Waals surface area contributed by atoms with Crippen LogP contribution in [0.4, 0.5) is 4.39 Å². The van der Waals surface area contributed by atoms with E-state index in [1.807, 2.05) is 20.8 Å². The minimum absolute atomic E-state index is 0.0460. The summed E-state index contributed by atoms with van der Waals surface area (Å²) in [7, 11) is 1.42. The molecular weight excluding hydrogens is 219 g/mol. The van der Waals surface area contributed by atoms with Gasteiger partial charge in [-0.1, -0.05) is 32.9 Å². The first-order chi connectivity index (χ1) is 7.83. The van der Waals surface area contributed by atoms with Gasteiger partial charge in [0.15, 0.2) is 11.6 Å². The molecule has 0 aromatic heterocycles. The fourth-order valence-corrected chi connectivity index (χ4v) is 1.72. The van der Waals surface area contributed by atoms with Crippen LogP contribution in [-0.2, 0) is 11.2 Å². The van der Waals surface area contributed by atoms with Gasteiger partial charge in [0.05, 0.1) is 7.11 Å². The fourth-order valence-electron chi connectivity index (χ4n) is 1.72. The maximum absolute atomic E-state index is 13.8. The van der Waals surface area contributed by atoms with Crippen LogP contribution in [0.25, 0.3) is 0 Å². The highest BCUT2D eigenvalue weighted by molar-refractivity contribution is 5.81. The SMILES string of the molecule is COc1cccc(CC(=O)CC(C)(C)C)c1F. The minimum Gasteiger partial charge on any atom is -0.494 e. The second-order valence-electron chi connectivity index (χ2n) is 5.39. The molecule has 0 aliphatic heterocycles. The van der Waals surface area contributed by atoms with Crippen LogP contribution in [0.15, 0.2) is 18.2 Å². The molecule has 1 aromatic rings. The number of rotatable bonds is 4. The van der Waals surface area contributed by atoms with Gasteiger partial charge in [-0.25, -0.2) is 4.39 Å². The van der Waals surface area contributed by atoms with Gasteiger partial charge in [-0.05, 0) is 17.0 Å². The average Bonchev–Trinajstić information content (AvgIpc) is 2.18. The standard InChI is InChI=1S/C14H19FO2/c1-14(2,3)9-11(16)8-10-6-5-7-12(17-4)13(10)15/h5-7H,8-9H2,1-4H3. The van der Waals surface area contributed by atoms with Crippen LogP contribution < -0.4 is 4.74 Å². The van der Waals surface area contributed by atoms with E-state index in [0.29, 0.717) is 12.0 Å². The van der Waals surface area contributed by atoms with Gasteiger partial charge in [-0.15, -0.1) is 0 Å². The second-order valence-corrected chi connectivity index (χ2v) is 5.39. The van der Waals surface area contributed by atoms with Crippen LogP contribution in [-0.4, -0.2) is 12.9 Å². The van der Waals surface area contributed by atoms with Gasteiger partial charge < -0.3 is 4.74 Å². The largest absolute Gasteiger partial charge is 0.494 e. The summed E-state index contributed by atoms with van der Waals surface area (Å²) in [6.07, 6.45) is 0.573. The molecule has 0 bridgehead atoms. The molecular formula is C14H19FO2. The molecule has 0 atom stereocenters. The topological polar surface area (TPSA) is 26.3 Å². The lowest BCUT2D eigenvalue weighted by molar-refractivity contribution is -0.120.